The maximum atomic E-state index is 9.75. The molecule has 1 aliphatic carbocycles. The third kappa shape index (κ3) is 3.56. The van der Waals surface area contributed by atoms with Crippen molar-refractivity contribution in [2.45, 2.75) is 43.6 Å². The quantitative estimate of drug-likeness (QED) is 0.634. The maximum Gasteiger partial charge on any atom is 0.119 e. The predicted molar refractivity (Wildman–Crippen MR) is 75.2 cm³/mol. The molecule has 1 aromatic rings. The fourth-order valence-corrected chi connectivity index (χ4v) is 3.90. The summed E-state index contributed by atoms with van der Waals surface area (Å²) in [5, 5.41) is 10.5. The van der Waals surface area contributed by atoms with Gasteiger partial charge in [-0.25, -0.2) is 0 Å². The molecule has 0 amide bonds. The number of nitrogens with two attached hydrogens (primary N) is 1. The number of thioether (sulfide) groups is 1. The van der Waals surface area contributed by atoms with Crippen LogP contribution in [0, 0.1) is 5.92 Å². The van der Waals surface area contributed by atoms with E-state index in [0.29, 0.717) is 5.75 Å². The smallest absolute Gasteiger partial charge is 0.119 e. The maximum absolute atomic E-state index is 9.75. The number of anilines is 1. The largest absolute Gasteiger partial charge is 0.508 e. The molecule has 0 bridgehead atoms. The minimum absolute atomic E-state index is 0.371. The molecular weight excluding hydrogens is 230 g/mol. The summed E-state index contributed by atoms with van der Waals surface area (Å²) in [7, 11) is 0. The lowest BCUT2D eigenvalue weighted by molar-refractivity contribution is 0.394. The van der Waals surface area contributed by atoms with Crippen LogP contribution in [-0.2, 0) is 5.75 Å². The Bertz CT molecular complexity index is 380. The molecule has 94 valence electrons. The van der Waals surface area contributed by atoms with E-state index in [1.807, 2.05) is 17.8 Å². The van der Waals surface area contributed by atoms with E-state index >= 15 is 0 Å². The van der Waals surface area contributed by atoms with Crippen molar-refractivity contribution in [2.75, 3.05) is 5.73 Å². The number of hydrogen-bond acceptors (Lipinski definition) is 3. The molecule has 2 atom stereocenters. The molecule has 2 nitrogen and oxygen atoms in total. The summed E-state index contributed by atoms with van der Waals surface area (Å²) in [4.78, 5) is 0. The van der Waals surface area contributed by atoms with Gasteiger partial charge in [0, 0.05) is 22.3 Å². The molecule has 0 spiro atoms. The molecule has 3 N–H and O–H groups in total. The molecule has 1 saturated carbocycles. The lowest BCUT2D eigenvalue weighted by Crippen LogP contribution is -2.15. The topological polar surface area (TPSA) is 46.2 Å². The summed E-state index contributed by atoms with van der Waals surface area (Å²) in [5.41, 5.74) is 7.44. The van der Waals surface area contributed by atoms with Gasteiger partial charge in [0.05, 0.1) is 0 Å². The number of phenolic OH excluding ortho intramolecular Hbond substituents is 1. The van der Waals surface area contributed by atoms with Crippen molar-refractivity contribution >= 4 is 17.4 Å². The number of nitrogen functional groups attached to an aromatic ring is 1. The third-order valence-electron chi connectivity index (χ3n) is 3.47. The molecule has 3 heteroatoms. The molecular formula is C14H21NOS. The van der Waals surface area contributed by atoms with Gasteiger partial charge in [0.15, 0.2) is 0 Å². The Balaban J connectivity index is 1.90. The van der Waals surface area contributed by atoms with E-state index in [0.717, 1.165) is 28.2 Å². The van der Waals surface area contributed by atoms with Crippen LogP contribution in [0.5, 0.6) is 5.75 Å². The van der Waals surface area contributed by atoms with E-state index in [2.05, 4.69) is 6.92 Å². The van der Waals surface area contributed by atoms with Crippen LogP contribution in [0.25, 0.3) is 0 Å². The molecule has 0 heterocycles. The zero-order chi connectivity index (χ0) is 12.3. The first kappa shape index (κ1) is 12.6. The van der Waals surface area contributed by atoms with E-state index < -0.39 is 0 Å². The van der Waals surface area contributed by atoms with Crippen LogP contribution >= 0.6 is 11.8 Å². The minimum atomic E-state index is 0.371. The van der Waals surface area contributed by atoms with E-state index in [1.54, 1.807) is 12.1 Å². The highest BCUT2D eigenvalue weighted by molar-refractivity contribution is 7.99. The van der Waals surface area contributed by atoms with Gasteiger partial charge in [-0.3, -0.25) is 0 Å². The van der Waals surface area contributed by atoms with Gasteiger partial charge >= 0.3 is 0 Å². The summed E-state index contributed by atoms with van der Waals surface area (Å²) >= 11 is 1.96. The van der Waals surface area contributed by atoms with Crippen LogP contribution in [0.3, 0.4) is 0 Å². The van der Waals surface area contributed by atoms with Gasteiger partial charge in [-0.15, -0.1) is 0 Å². The fraction of sp³-hybridized carbons (Fsp3) is 0.571. The average Bonchev–Trinajstić information content (AvgIpc) is 2.30. The van der Waals surface area contributed by atoms with Crippen LogP contribution in [0.4, 0.5) is 5.69 Å². The average molecular weight is 251 g/mol. The molecule has 0 saturated heterocycles. The van der Waals surface area contributed by atoms with Crippen molar-refractivity contribution < 1.29 is 5.11 Å². The monoisotopic (exact) mass is 251 g/mol. The van der Waals surface area contributed by atoms with Gasteiger partial charge in [0.2, 0.25) is 0 Å². The third-order valence-corrected chi connectivity index (χ3v) is 4.84. The van der Waals surface area contributed by atoms with Crippen molar-refractivity contribution in [3.8, 4) is 5.75 Å². The van der Waals surface area contributed by atoms with Gasteiger partial charge in [-0.05, 0) is 37.0 Å². The minimum Gasteiger partial charge on any atom is -0.508 e. The summed E-state index contributed by atoms with van der Waals surface area (Å²) in [6.07, 6.45) is 5.36. The molecule has 0 aliphatic heterocycles. The van der Waals surface area contributed by atoms with Gasteiger partial charge in [0.25, 0.3) is 0 Å². The highest BCUT2D eigenvalue weighted by Gasteiger charge is 2.19. The molecule has 2 unspecified atom stereocenters. The number of rotatable bonds is 3. The Morgan fingerprint density at radius 3 is 3.00 bits per heavy atom. The molecule has 0 radical (unpaired) electrons. The Labute approximate surface area is 108 Å². The molecule has 1 aromatic carbocycles. The molecule has 2 rings (SSSR count). The lowest BCUT2D eigenvalue weighted by atomic mass is 9.91. The van der Waals surface area contributed by atoms with Crippen molar-refractivity contribution in [1.82, 2.24) is 0 Å². The highest BCUT2D eigenvalue weighted by atomic mass is 32.2. The van der Waals surface area contributed by atoms with Crippen molar-refractivity contribution in [2.24, 2.45) is 5.92 Å². The van der Waals surface area contributed by atoms with Crippen LogP contribution in [0.1, 0.15) is 38.2 Å². The molecule has 1 fully saturated rings. The Morgan fingerprint density at radius 2 is 2.24 bits per heavy atom. The van der Waals surface area contributed by atoms with Gasteiger partial charge < -0.3 is 10.8 Å². The number of phenols is 1. The highest BCUT2D eigenvalue weighted by Crippen LogP contribution is 2.35. The number of hydrogen-bond donors (Lipinski definition) is 2. The van der Waals surface area contributed by atoms with Gasteiger partial charge in [0.1, 0.15) is 5.75 Å². The second-order valence-electron chi connectivity index (χ2n) is 5.09. The van der Waals surface area contributed by atoms with Crippen molar-refractivity contribution in [1.29, 1.82) is 0 Å². The van der Waals surface area contributed by atoms with E-state index in [1.165, 1.54) is 25.7 Å². The van der Waals surface area contributed by atoms with E-state index in [4.69, 9.17) is 5.73 Å². The Morgan fingerprint density at radius 1 is 1.41 bits per heavy atom. The van der Waals surface area contributed by atoms with Crippen LogP contribution < -0.4 is 5.73 Å². The summed E-state index contributed by atoms with van der Waals surface area (Å²) < 4.78 is 0. The second kappa shape index (κ2) is 5.67. The fourth-order valence-electron chi connectivity index (χ4n) is 2.46. The number of aromatic hydroxyl groups is 1. The zero-order valence-corrected chi connectivity index (χ0v) is 11.2. The second-order valence-corrected chi connectivity index (χ2v) is 6.38. The summed E-state index contributed by atoms with van der Waals surface area (Å²) in [5.74, 6) is 2.10. The normalized spacial score (nSPS) is 24.8. The first-order valence-electron chi connectivity index (χ1n) is 6.34. The molecule has 17 heavy (non-hydrogen) atoms. The molecule has 0 aromatic heterocycles. The van der Waals surface area contributed by atoms with Crippen molar-refractivity contribution in [3.63, 3.8) is 0 Å². The van der Waals surface area contributed by atoms with Crippen molar-refractivity contribution in [3.05, 3.63) is 23.8 Å². The number of benzene rings is 1. The SMILES string of the molecule is CC1CCCC(SCc2cc(N)ccc2O)C1. The summed E-state index contributed by atoms with van der Waals surface area (Å²) in [6.45, 7) is 2.34. The van der Waals surface area contributed by atoms with E-state index in [9.17, 15) is 5.11 Å². The van der Waals surface area contributed by atoms with Crippen LogP contribution in [0.15, 0.2) is 18.2 Å². The summed E-state index contributed by atoms with van der Waals surface area (Å²) in [6, 6.07) is 5.31. The Hall–Kier alpha value is -0.830. The first-order chi connectivity index (χ1) is 8.15. The van der Waals surface area contributed by atoms with Crippen LogP contribution in [-0.4, -0.2) is 10.4 Å². The van der Waals surface area contributed by atoms with Gasteiger partial charge in [-0.2, -0.15) is 11.8 Å². The van der Waals surface area contributed by atoms with Gasteiger partial charge in [-0.1, -0.05) is 19.8 Å². The predicted octanol–water partition coefficient (Wildman–Crippen LogP) is 3.79. The van der Waals surface area contributed by atoms with E-state index in [-0.39, 0.29) is 0 Å². The standard InChI is InChI=1S/C14H21NOS/c1-10-3-2-4-13(7-10)17-9-11-8-12(15)5-6-14(11)16/h5-6,8,10,13,16H,2-4,7,9,15H2,1H3. The molecule has 1 aliphatic rings. The first-order valence-corrected chi connectivity index (χ1v) is 7.39. The Kier molecular flexibility index (Phi) is 4.21. The zero-order valence-electron chi connectivity index (χ0n) is 10.4. The lowest BCUT2D eigenvalue weighted by Gasteiger charge is -2.26. The van der Waals surface area contributed by atoms with Crippen LogP contribution in [0.2, 0.25) is 0 Å².